The first-order chi connectivity index (χ1) is 8.24. The van der Waals surface area contributed by atoms with Crippen LogP contribution in [0.25, 0.3) is 0 Å². The van der Waals surface area contributed by atoms with Gasteiger partial charge in [-0.25, -0.2) is 0 Å². The predicted octanol–water partition coefficient (Wildman–Crippen LogP) is 3.52. The third-order valence-electron chi connectivity index (χ3n) is 3.86. The van der Waals surface area contributed by atoms with E-state index in [2.05, 4.69) is 18.5 Å². The second-order valence-electron chi connectivity index (χ2n) is 5.28. The Morgan fingerprint density at radius 3 is 2.88 bits per heavy atom. The zero-order valence-corrected chi connectivity index (χ0v) is 12.6. The normalized spacial score (nSPS) is 27.3. The van der Waals surface area contributed by atoms with Crippen LogP contribution in [0.15, 0.2) is 4.99 Å². The molecule has 98 valence electrons. The maximum absolute atomic E-state index is 4.72. The smallest absolute Gasteiger partial charge is 0.157 e. The minimum atomic E-state index is 0.410. The van der Waals surface area contributed by atoms with Crippen molar-refractivity contribution < 1.29 is 0 Å². The quantitative estimate of drug-likeness (QED) is 0.847. The molecule has 2 nitrogen and oxygen atoms in total. The van der Waals surface area contributed by atoms with E-state index in [0.717, 1.165) is 11.8 Å². The molecule has 1 N–H and O–H groups in total. The molecule has 2 aliphatic rings. The second kappa shape index (κ2) is 6.37. The fourth-order valence-corrected chi connectivity index (χ4v) is 4.14. The molecular formula is C13H24N2S2. The van der Waals surface area contributed by atoms with Crippen LogP contribution in [0.2, 0.25) is 0 Å². The summed E-state index contributed by atoms with van der Waals surface area (Å²) in [6, 6.07) is 0. The van der Waals surface area contributed by atoms with E-state index in [0.29, 0.717) is 5.54 Å². The molecule has 1 heterocycles. The molecule has 4 heteroatoms. The average Bonchev–Trinajstić information content (AvgIpc) is 2.73. The largest absolute Gasteiger partial charge is 0.359 e. The van der Waals surface area contributed by atoms with E-state index < -0.39 is 0 Å². The van der Waals surface area contributed by atoms with Crippen molar-refractivity contribution in [1.29, 1.82) is 0 Å². The Morgan fingerprint density at radius 1 is 1.41 bits per heavy atom. The van der Waals surface area contributed by atoms with Crippen LogP contribution in [0, 0.1) is 0 Å². The molecule has 17 heavy (non-hydrogen) atoms. The molecule has 1 saturated carbocycles. The lowest BCUT2D eigenvalue weighted by Crippen LogP contribution is -2.45. The number of rotatable bonds is 4. The molecule has 2 fully saturated rings. The highest BCUT2D eigenvalue weighted by atomic mass is 32.2. The Kier molecular flexibility index (Phi) is 5.10. The molecule has 2 rings (SSSR count). The Morgan fingerprint density at radius 2 is 2.18 bits per heavy atom. The Hall–Kier alpha value is 0.170. The molecule has 0 amide bonds. The van der Waals surface area contributed by atoms with E-state index in [1.807, 2.05) is 23.5 Å². The van der Waals surface area contributed by atoms with Gasteiger partial charge < -0.3 is 5.32 Å². The minimum absolute atomic E-state index is 0.410. The zero-order valence-electron chi connectivity index (χ0n) is 11.0. The van der Waals surface area contributed by atoms with Crippen molar-refractivity contribution in [3.05, 3.63) is 0 Å². The van der Waals surface area contributed by atoms with Crippen molar-refractivity contribution in [1.82, 2.24) is 5.32 Å². The third-order valence-corrected chi connectivity index (χ3v) is 6.10. The second-order valence-corrected chi connectivity index (χ2v) is 7.52. The SMILES string of the molecule is CSC(C)CCN=C1NC2(CCCCC2)CS1. The van der Waals surface area contributed by atoms with Gasteiger partial charge in [0.15, 0.2) is 5.17 Å². The summed E-state index contributed by atoms with van der Waals surface area (Å²) in [4.78, 5) is 4.72. The van der Waals surface area contributed by atoms with Crippen LogP contribution in [-0.4, -0.2) is 34.5 Å². The minimum Gasteiger partial charge on any atom is -0.359 e. The van der Waals surface area contributed by atoms with Gasteiger partial charge in [0.05, 0.1) is 0 Å². The van der Waals surface area contributed by atoms with Crippen LogP contribution < -0.4 is 5.32 Å². The summed E-state index contributed by atoms with van der Waals surface area (Å²) in [5.41, 5.74) is 0.410. The van der Waals surface area contributed by atoms with Crippen molar-refractivity contribution >= 4 is 28.7 Å². The molecule has 0 aromatic rings. The average molecular weight is 272 g/mol. The predicted molar refractivity (Wildman–Crippen MR) is 81.3 cm³/mol. The Bertz CT molecular complexity index is 273. The van der Waals surface area contributed by atoms with Crippen molar-refractivity contribution in [2.75, 3.05) is 18.6 Å². The molecule has 0 aromatic carbocycles. The number of hydrogen-bond acceptors (Lipinski definition) is 3. The molecule has 1 aliphatic heterocycles. The van der Waals surface area contributed by atoms with Crippen LogP contribution in [0.3, 0.4) is 0 Å². The van der Waals surface area contributed by atoms with Gasteiger partial charge >= 0.3 is 0 Å². The van der Waals surface area contributed by atoms with Crippen molar-refractivity contribution in [2.24, 2.45) is 4.99 Å². The highest BCUT2D eigenvalue weighted by molar-refractivity contribution is 8.14. The molecular weight excluding hydrogens is 248 g/mol. The van der Waals surface area contributed by atoms with Crippen LogP contribution in [0.4, 0.5) is 0 Å². The molecule has 0 bridgehead atoms. The van der Waals surface area contributed by atoms with E-state index in [4.69, 9.17) is 4.99 Å². The first-order valence-electron chi connectivity index (χ1n) is 6.72. The number of hydrogen-bond donors (Lipinski definition) is 1. The molecule has 1 atom stereocenters. The van der Waals surface area contributed by atoms with E-state index >= 15 is 0 Å². The number of nitrogens with one attached hydrogen (secondary N) is 1. The summed E-state index contributed by atoms with van der Waals surface area (Å²) in [6.07, 6.45) is 10.3. The van der Waals surface area contributed by atoms with Gasteiger partial charge in [-0.05, 0) is 25.5 Å². The maximum Gasteiger partial charge on any atom is 0.157 e. The first-order valence-corrected chi connectivity index (χ1v) is 9.00. The number of amidine groups is 1. The Labute approximate surface area is 114 Å². The van der Waals surface area contributed by atoms with Crippen LogP contribution in [0.1, 0.15) is 45.4 Å². The summed E-state index contributed by atoms with van der Waals surface area (Å²) in [5, 5.41) is 5.64. The van der Waals surface area contributed by atoms with Gasteiger partial charge in [0.1, 0.15) is 0 Å². The number of aliphatic imine (C=N–C) groups is 1. The van der Waals surface area contributed by atoms with E-state index in [1.165, 1.54) is 49.4 Å². The van der Waals surface area contributed by atoms with E-state index in [-0.39, 0.29) is 0 Å². The van der Waals surface area contributed by atoms with Crippen molar-refractivity contribution in [3.8, 4) is 0 Å². The summed E-state index contributed by atoms with van der Waals surface area (Å²) in [6.45, 7) is 3.26. The molecule has 1 aliphatic carbocycles. The first kappa shape index (κ1) is 13.6. The molecule has 1 saturated heterocycles. The summed E-state index contributed by atoms with van der Waals surface area (Å²) < 4.78 is 0. The zero-order chi connectivity index (χ0) is 12.1. The van der Waals surface area contributed by atoms with Crippen molar-refractivity contribution in [3.63, 3.8) is 0 Å². The fourth-order valence-electron chi connectivity index (χ4n) is 2.55. The highest BCUT2D eigenvalue weighted by Crippen LogP contribution is 2.36. The summed E-state index contributed by atoms with van der Waals surface area (Å²) in [5.74, 6) is 1.24. The topological polar surface area (TPSA) is 24.4 Å². The van der Waals surface area contributed by atoms with Gasteiger partial charge in [0.2, 0.25) is 0 Å². The van der Waals surface area contributed by atoms with Gasteiger partial charge in [-0.1, -0.05) is 37.9 Å². The number of nitrogens with zero attached hydrogens (tertiary/aromatic N) is 1. The van der Waals surface area contributed by atoms with E-state index in [9.17, 15) is 0 Å². The number of thioether (sulfide) groups is 2. The lowest BCUT2D eigenvalue weighted by molar-refractivity contribution is 0.303. The molecule has 1 spiro atoms. The van der Waals surface area contributed by atoms with Gasteiger partial charge in [0, 0.05) is 23.1 Å². The molecule has 1 unspecified atom stereocenters. The lowest BCUT2D eigenvalue weighted by Gasteiger charge is -2.32. The summed E-state index contributed by atoms with van der Waals surface area (Å²) >= 11 is 3.87. The van der Waals surface area contributed by atoms with Gasteiger partial charge in [0.25, 0.3) is 0 Å². The van der Waals surface area contributed by atoms with E-state index in [1.54, 1.807) is 0 Å². The highest BCUT2D eigenvalue weighted by Gasteiger charge is 2.37. The lowest BCUT2D eigenvalue weighted by atomic mass is 9.83. The molecule has 0 aromatic heterocycles. The van der Waals surface area contributed by atoms with Gasteiger partial charge in [-0.15, -0.1) is 0 Å². The van der Waals surface area contributed by atoms with Crippen molar-refractivity contribution in [2.45, 2.75) is 56.2 Å². The molecule has 0 radical (unpaired) electrons. The maximum atomic E-state index is 4.72. The van der Waals surface area contributed by atoms with Gasteiger partial charge in [-0.3, -0.25) is 4.99 Å². The van der Waals surface area contributed by atoms with Gasteiger partial charge in [-0.2, -0.15) is 11.8 Å². The fraction of sp³-hybridized carbons (Fsp3) is 0.923. The van der Waals surface area contributed by atoms with Crippen LogP contribution >= 0.6 is 23.5 Å². The Balaban J connectivity index is 1.78. The standard InChI is InChI=1S/C13H24N2S2/c1-11(16-2)6-9-14-12-15-13(10-17-12)7-4-3-5-8-13/h11H,3-10H2,1-2H3,(H,14,15). The van der Waals surface area contributed by atoms with Crippen LogP contribution in [-0.2, 0) is 0 Å². The third kappa shape index (κ3) is 3.82. The summed E-state index contributed by atoms with van der Waals surface area (Å²) in [7, 11) is 0. The van der Waals surface area contributed by atoms with Crippen LogP contribution in [0.5, 0.6) is 0 Å². The monoisotopic (exact) mass is 272 g/mol.